The van der Waals surface area contributed by atoms with Crippen LogP contribution in [0.25, 0.3) is 16.8 Å². The smallest absolute Gasteiger partial charge is 0.253 e. The van der Waals surface area contributed by atoms with Crippen LogP contribution in [0.15, 0.2) is 18.2 Å². The summed E-state index contributed by atoms with van der Waals surface area (Å²) in [4.78, 5) is 8.84. The van der Waals surface area contributed by atoms with Crippen molar-refractivity contribution in [2.24, 2.45) is 0 Å². The fraction of sp³-hybridized carbons (Fsp3) is 0.333. The lowest BCUT2D eigenvalue weighted by atomic mass is 10.3. The van der Waals surface area contributed by atoms with E-state index >= 15 is 0 Å². The van der Waals surface area contributed by atoms with Crippen LogP contribution in [0.3, 0.4) is 0 Å². The van der Waals surface area contributed by atoms with Gasteiger partial charge in [-0.25, -0.2) is 9.50 Å². The summed E-state index contributed by atoms with van der Waals surface area (Å²) in [6.07, 6.45) is 0. The van der Waals surface area contributed by atoms with E-state index in [1.54, 1.807) is 7.11 Å². The molecule has 1 aromatic carbocycles. The van der Waals surface area contributed by atoms with E-state index in [-0.39, 0.29) is 0 Å². The first-order valence-electron chi connectivity index (χ1n) is 5.86. The van der Waals surface area contributed by atoms with E-state index in [1.807, 2.05) is 22.7 Å². The maximum atomic E-state index is 5.18. The van der Waals surface area contributed by atoms with Gasteiger partial charge in [0.1, 0.15) is 5.75 Å². The molecule has 0 fully saturated rings. The van der Waals surface area contributed by atoms with E-state index in [4.69, 9.17) is 4.74 Å². The van der Waals surface area contributed by atoms with E-state index in [0.29, 0.717) is 11.8 Å². The Morgan fingerprint density at radius 1 is 1.33 bits per heavy atom. The van der Waals surface area contributed by atoms with Crippen molar-refractivity contribution in [2.45, 2.75) is 19.9 Å². The van der Waals surface area contributed by atoms with E-state index < -0.39 is 0 Å². The fourth-order valence-corrected chi connectivity index (χ4v) is 1.93. The highest BCUT2D eigenvalue weighted by atomic mass is 16.5. The summed E-state index contributed by atoms with van der Waals surface area (Å²) in [5.74, 6) is 2.18. The van der Waals surface area contributed by atoms with Gasteiger partial charge in [0.25, 0.3) is 5.78 Å². The molecule has 3 aromatic rings. The quantitative estimate of drug-likeness (QED) is 0.741. The Balaban J connectivity index is 2.13. The summed E-state index contributed by atoms with van der Waals surface area (Å²) in [6, 6.07) is 6.10. The van der Waals surface area contributed by atoms with Crippen molar-refractivity contribution in [3.05, 3.63) is 18.2 Å². The predicted molar refractivity (Wildman–Crippen MR) is 70.2 cm³/mol. The zero-order valence-corrected chi connectivity index (χ0v) is 10.6. The van der Waals surface area contributed by atoms with Crippen molar-refractivity contribution in [1.29, 1.82) is 0 Å². The molecule has 18 heavy (non-hydrogen) atoms. The minimum absolute atomic E-state index is 0.326. The third-order valence-electron chi connectivity index (χ3n) is 2.70. The molecule has 0 unspecified atom stereocenters. The van der Waals surface area contributed by atoms with Crippen molar-refractivity contribution < 1.29 is 4.74 Å². The van der Waals surface area contributed by atoms with Crippen LogP contribution in [0.1, 0.15) is 13.8 Å². The highest BCUT2D eigenvalue weighted by molar-refractivity contribution is 5.80. The first kappa shape index (κ1) is 10.9. The van der Waals surface area contributed by atoms with Gasteiger partial charge in [0, 0.05) is 12.1 Å². The number of rotatable bonds is 3. The molecule has 0 atom stereocenters. The zero-order valence-electron chi connectivity index (χ0n) is 10.6. The highest BCUT2D eigenvalue weighted by Crippen LogP contribution is 2.21. The number of anilines is 1. The van der Waals surface area contributed by atoms with Crippen LogP contribution in [0.5, 0.6) is 5.75 Å². The monoisotopic (exact) mass is 245 g/mol. The average molecular weight is 245 g/mol. The second-order valence-electron chi connectivity index (χ2n) is 4.47. The normalized spacial score (nSPS) is 11.6. The number of fused-ring (bicyclic) bond motifs is 3. The van der Waals surface area contributed by atoms with Gasteiger partial charge in [-0.3, -0.25) is 5.10 Å². The summed E-state index contributed by atoms with van der Waals surface area (Å²) in [5, 5.41) is 6.39. The van der Waals surface area contributed by atoms with Crippen LogP contribution in [-0.4, -0.2) is 32.7 Å². The molecule has 0 radical (unpaired) electrons. The third-order valence-corrected chi connectivity index (χ3v) is 2.70. The number of H-pyrrole nitrogens is 1. The molecule has 0 spiro atoms. The largest absolute Gasteiger partial charge is 0.497 e. The summed E-state index contributed by atoms with van der Waals surface area (Å²) in [7, 11) is 1.64. The Kier molecular flexibility index (Phi) is 2.36. The first-order valence-corrected chi connectivity index (χ1v) is 5.86. The number of methoxy groups -OCH3 is 1. The van der Waals surface area contributed by atoms with Crippen molar-refractivity contribution in [3.63, 3.8) is 0 Å². The summed E-state index contributed by atoms with van der Waals surface area (Å²) in [6.45, 7) is 4.13. The molecule has 2 aromatic heterocycles. The van der Waals surface area contributed by atoms with Crippen LogP contribution >= 0.6 is 0 Å². The number of nitrogens with zero attached hydrogens (tertiary/aromatic N) is 3. The molecular formula is C12H15N5O. The molecule has 0 aliphatic heterocycles. The Morgan fingerprint density at radius 3 is 2.89 bits per heavy atom. The first-order chi connectivity index (χ1) is 8.67. The topological polar surface area (TPSA) is 67.2 Å². The second kappa shape index (κ2) is 3.90. The zero-order chi connectivity index (χ0) is 12.7. The minimum Gasteiger partial charge on any atom is -0.497 e. The number of ether oxygens (including phenoxy) is 1. The van der Waals surface area contributed by atoms with Crippen LogP contribution in [0.2, 0.25) is 0 Å². The standard InChI is InChI=1S/C12H15N5O/c1-7(2)13-11-15-12-14-9-6-8(18-3)4-5-10(9)17(12)16-11/h4-7H,1-3H3,(H2,13,14,15,16). The van der Waals surface area contributed by atoms with Gasteiger partial charge in [0.15, 0.2) is 0 Å². The Bertz CT molecular complexity index is 697. The molecule has 0 amide bonds. The Labute approximate surface area is 104 Å². The molecular weight excluding hydrogens is 230 g/mol. The van der Waals surface area contributed by atoms with Gasteiger partial charge < -0.3 is 10.1 Å². The highest BCUT2D eigenvalue weighted by Gasteiger charge is 2.10. The van der Waals surface area contributed by atoms with Crippen molar-refractivity contribution in [1.82, 2.24) is 19.6 Å². The molecule has 2 N–H and O–H groups in total. The lowest BCUT2D eigenvalue weighted by Gasteiger charge is -2.04. The Hall–Kier alpha value is -2.24. The summed E-state index contributed by atoms with van der Waals surface area (Å²) >= 11 is 0. The van der Waals surface area contributed by atoms with Crippen molar-refractivity contribution in [3.8, 4) is 5.75 Å². The van der Waals surface area contributed by atoms with E-state index in [9.17, 15) is 0 Å². The Morgan fingerprint density at radius 2 is 2.17 bits per heavy atom. The number of hydrogen-bond acceptors (Lipinski definition) is 4. The lowest BCUT2D eigenvalue weighted by molar-refractivity contribution is 0.415. The number of benzene rings is 1. The van der Waals surface area contributed by atoms with E-state index in [1.165, 1.54) is 0 Å². The van der Waals surface area contributed by atoms with Crippen LogP contribution in [-0.2, 0) is 0 Å². The molecule has 0 saturated heterocycles. The molecule has 0 aliphatic rings. The van der Waals surface area contributed by atoms with Gasteiger partial charge >= 0.3 is 0 Å². The maximum Gasteiger partial charge on any atom is 0.253 e. The van der Waals surface area contributed by atoms with Crippen LogP contribution in [0, 0.1) is 0 Å². The molecule has 0 saturated carbocycles. The van der Waals surface area contributed by atoms with Gasteiger partial charge in [0.2, 0.25) is 5.95 Å². The number of nitrogens with one attached hydrogen (secondary N) is 2. The molecule has 2 heterocycles. The van der Waals surface area contributed by atoms with Gasteiger partial charge in [-0.2, -0.15) is 4.98 Å². The van der Waals surface area contributed by atoms with Crippen LogP contribution in [0.4, 0.5) is 5.95 Å². The molecule has 0 aliphatic carbocycles. The van der Waals surface area contributed by atoms with Gasteiger partial charge in [-0.05, 0) is 26.0 Å². The number of hydrogen-bond donors (Lipinski definition) is 2. The van der Waals surface area contributed by atoms with E-state index in [0.717, 1.165) is 22.7 Å². The SMILES string of the molecule is COc1ccc2c(c1)nc1nc(NC(C)C)[nH]n12. The van der Waals surface area contributed by atoms with E-state index in [2.05, 4.69) is 34.2 Å². The molecule has 6 heteroatoms. The molecule has 6 nitrogen and oxygen atoms in total. The van der Waals surface area contributed by atoms with Crippen LogP contribution < -0.4 is 10.1 Å². The summed E-state index contributed by atoms with van der Waals surface area (Å²) < 4.78 is 7.04. The number of aromatic nitrogens is 4. The third kappa shape index (κ3) is 1.66. The van der Waals surface area contributed by atoms with Crippen molar-refractivity contribution in [2.75, 3.05) is 12.4 Å². The lowest BCUT2D eigenvalue weighted by Crippen LogP contribution is -2.10. The van der Waals surface area contributed by atoms with Crippen molar-refractivity contribution >= 4 is 22.8 Å². The summed E-state index contributed by atoms with van der Waals surface area (Å²) in [5.41, 5.74) is 1.85. The van der Waals surface area contributed by atoms with Gasteiger partial charge in [0.05, 0.1) is 18.1 Å². The molecule has 0 bridgehead atoms. The van der Waals surface area contributed by atoms with Gasteiger partial charge in [-0.1, -0.05) is 0 Å². The average Bonchev–Trinajstić information content (AvgIpc) is 2.83. The predicted octanol–water partition coefficient (Wildman–Crippen LogP) is 2.04. The maximum absolute atomic E-state index is 5.18. The molecule has 3 rings (SSSR count). The minimum atomic E-state index is 0.326. The number of aromatic amines is 1. The van der Waals surface area contributed by atoms with Gasteiger partial charge in [-0.15, -0.1) is 0 Å². The molecule has 94 valence electrons. The fourth-order valence-electron chi connectivity index (χ4n) is 1.93. The number of imidazole rings is 1. The second-order valence-corrected chi connectivity index (χ2v) is 4.47.